The van der Waals surface area contributed by atoms with E-state index < -0.39 is 46.8 Å². The number of ether oxygens (including phenoxy) is 4. The molecule has 0 bridgehead atoms. The Kier molecular flexibility index (Phi) is 15.5. The summed E-state index contributed by atoms with van der Waals surface area (Å²) in [6, 6.07) is 13.1. The summed E-state index contributed by atoms with van der Waals surface area (Å²) in [6.45, 7) is 26.9. The van der Waals surface area contributed by atoms with E-state index in [0.29, 0.717) is 63.6 Å². The van der Waals surface area contributed by atoms with Crippen LogP contribution in [0.4, 0.5) is 36.2 Å². The fourth-order valence-corrected chi connectivity index (χ4v) is 6.33. The van der Waals surface area contributed by atoms with Gasteiger partial charge in [-0.15, -0.1) is 9.98 Å². The number of guanidine groups is 2. The molecule has 18 heteroatoms. The molecule has 0 aromatic heterocycles. The maximum Gasteiger partial charge on any atom is 0.437 e. The number of carbonyl (C=O) groups is 5. The van der Waals surface area contributed by atoms with E-state index in [1.54, 1.807) is 99.0 Å². The number of amides is 5. The van der Waals surface area contributed by atoms with Crippen LogP contribution in [0, 0.1) is 6.92 Å². The molecule has 2 aromatic carbocycles. The van der Waals surface area contributed by atoms with Crippen molar-refractivity contribution in [1.29, 1.82) is 0 Å². The quantitative estimate of drug-likeness (QED) is 0.160. The first-order valence-corrected chi connectivity index (χ1v) is 20.8. The van der Waals surface area contributed by atoms with Crippen LogP contribution >= 0.6 is 0 Å². The molecular formula is C44H65N9O9. The van der Waals surface area contributed by atoms with E-state index in [4.69, 9.17) is 18.9 Å². The van der Waals surface area contributed by atoms with E-state index >= 15 is 0 Å². The number of nitrogens with zero attached hydrogens (tertiary/aromatic N) is 6. The number of hydrogen-bond donors (Lipinski definition) is 3. The Hall–Kier alpha value is -6.07. The highest BCUT2D eigenvalue weighted by molar-refractivity contribution is 6.05. The molecule has 18 nitrogen and oxygen atoms in total. The molecule has 5 amide bonds. The third kappa shape index (κ3) is 16.1. The molecule has 2 heterocycles. The molecule has 0 saturated carbocycles. The lowest BCUT2D eigenvalue weighted by molar-refractivity contribution is 0.0535. The second-order valence-corrected chi connectivity index (χ2v) is 19.0. The average Bonchev–Trinajstić information content (AvgIpc) is 3.11. The van der Waals surface area contributed by atoms with E-state index in [-0.39, 0.29) is 17.8 Å². The maximum absolute atomic E-state index is 13.4. The predicted octanol–water partition coefficient (Wildman–Crippen LogP) is 7.12. The molecule has 2 fully saturated rings. The molecule has 4 rings (SSSR count). The van der Waals surface area contributed by atoms with Crippen molar-refractivity contribution in [2.45, 2.75) is 112 Å². The van der Waals surface area contributed by atoms with Crippen LogP contribution in [0.2, 0.25) is 0 Å². The standard InChI is InChI=1S/C44H65N9O9/c1-29-28-30(14-19-33(29)51-22-26-53(27-23-51)36(48-39(57)61-43(8,9)10)49-40(58)62-44(11,12)13)34(54)45-31-15-17-32(18-16-31)50-20-24-52(25-21-50)35(46-37(55)59-41(2,3)4)47-38(56)60-42(5,6)7/h14-19,28H,20-27H2,1-13H3,(H,45,54)(H,46,47,55,56)(H,48,49,57,58). The van der Waals surface area contributed by atoms with Crippen LogP contribution < -0.4 is 25.8 Å². The number of alkyl carbamates (subject to hydrolysis) is 2. The first-order valence-electron chi connectivity index (χ1n) is 20.8. The number of benzene rings is 2. The molecule has 2 saturated heterocycles. The van der Waals surface area contributed by atoms with Crippen LogP contribution in [0.25, 0.3) is 0 Å². The molecule has 2 aliphatic heterocycles. The summed E-state index contributed by atoms with van der Waals surface area (Å²) >= 11 is 0. The van der Waals surface area contributed by atoms with Gasteiger partial charge in [0, 0.05) is 75.0 Å². The van der Waals surface area contributed by atoms with Gasteiger partial charge in [-0.3, -0.25) is 15.4 Å². The molecule has 62 heavy (non-hydrogen) atoms. The van der Waals surface area contributed by atoms with Gasteiger partial charge >= 0.3 is 24.4 Å². The lowest BCUT2D eigenvalue weighted by Gasteiger charge is -2.38. The van der Waals surface area contributed by atoms with Crippen molar-refractivity contribution in [2.24, 2.45) is 9.98 Å². The Bertz CT molecular complexity index is 1990. The van der Waals surface area contributed by atoms with Gasteiger partial charge in [-0.25, -0.2) is 19.2 Å². The minimum absolute atomic E-state index is 0.0536. The Morgan fingerprint density at radius 2 is 0.935 bits per heavy atom. The van der Waals surface area contributed by atoms with Crippen LogP contribution in [-0.4, -0.2) is 127 Å². The molecule has 340 valence electrons. The fourth-order valence-electron chi connectivity index (χ4n) is 6.33. The molecule has 3 N–H and O–H groups in total. The van der Waals surface area contributed by atoms with Crippen molar-refractivity contribution >= 4 is 59.3 Å². The summed E-state index contributed by atoms with van der Waals surface area (Å²) in [5.41, 5.74) is 0.939. The summed E-state index contributed by atoms with van der Waals surface area (Å²) in [4.78, 5) is 80.0. The Balaban J connectivity index is 1.35. The van der Waals surface area contributed by atoms with E-state index in [0.717, 1.165) is 16.9 Å². The number of aliphatic imine (C=N–C) groups is 2. The lowest BCUT2D eigenvalue weighted by atomic mass is 10.1. The first kappa shape index (κ1) is 48.6. The zero-order chi connectivity index (χ0) is 46.2. The largest absolute Gasteiger partial charge is 0.444 e. The van der Waals surface area contributed by atoms with Crippen LogP contribution in [0.1, 0.15) is 99.0 Å². The monoisotopic (exact) mass is 863 g/mol. The highest BCUT2D eigenvalue weighted by Crippen LogP contribution is 2.25. The fraction of sp³-hybridized carbons (Fsp3) is 0.568. The number of nitrogens with one attached hydrogen (secondary N) is 3. The third-order valence-corrected chi connectivity index (χ3v) is 8.86. The lowest BCUT2D eigenvalue weighted by Crippen LogP contribution is -2.54. The average molecular weight is 864 g/mol. The Labute approximate surface area is 365 Å². The van der Waals surface area contributed by atoms with E-state index in [1.165, 1.54) is 0 Å². The Morgan fingerprint density at radius 3 is 1.32 bits per heavy atom. The number of rotatable bonds is 4. The highest BCUT2D eigenvalue weighted by atomic mass is 16.6. The number of aryl methyl sites for hydroxylation is 1. The van der Waals surface area contributed by atoms with Gasteiger partial charge in [0.25, 0.3) is 5.91 Å². The van der Waals surface area contributed by atoms with Gasteiger partial charge in [-0.2, -0.15) is 0 Å². The number of hydrogen-bond acceptors (Lipinski definition) is 11. The molecule has 0 aliphatic carbocycles. The second kappa shape index (κ2) is 19.8. The second-order valence-electron chi connectivity index (χ2n) is 19.0. The third-order valence-electron chi connectivity index (χ3n) is 8.86. The molecule has 0 radical (unpaired) electrons. The van der Waals surface area contributed by atoms with Crippen LogP contribution in [-0.2, 0) is 18.9 Å². The highest BCUT2D eigenvalue weighted by Gasteiger charge is 2.29. The van der Waals surface area contributed by atoms with Gasteiger partial charge in [0.05, 0.1) is 0 Å². The number of anilines is 3. The topological polar surface area (TPSA) is 196 Å². The zero-order valence-corrected chi connectivity index (χ0v) is 38.6. The molecule has 0 spiro atoms. The smallest absolute Gasteiger partial charge is 0.437 e. The van der Waals surface area contributed by atoms with Gasteiger partial charge in [0.1, 0.15) is 22.4 Å². The normalized spacial score (nSPS) is 15.7. The first-order chi connectivity index (χ1) is 28.6. The molecule has 2 aromatic rings. The summed E-state index contributed by atoms with van der Waals surface area (Å²) < 4.78 is 21.6. The number of carbonyl (C=O) groups excluding carboxylic acids is 5. The minimum atomic E-state index is -0.823. The molecular weight excluding hydrogens is 799 g/mol. The van der Waals surface area contributed by atoms with Gasteiger partial charge < -0.3 is 43.9 Å². The SMILES string of the molecule is Cc1cc(C(=O)Nc2ccc(N3CCN(/C(=N/C(=O)OC(C)(C)C)NC(=O)OC(C)(C)C)CC3)cc2)ccc1N1CCN(/C(=N/C(=O)OC(C)(C)C)NC(=O)OC(C)(C)C)CC1. The van der Waals surface area contributed by atoms with Crippen molar-refractivity contribution in [3.05, 3.63) is 53.6 Å². The summed E-state index contributed by atoms with van der Waals surface area (Å²) in [7, 11) is 0. The number of piperazine rings is 2. The van der Waals surface area contributed by atoms with E-state index in [2.05, 4.69) is 35.7 Å². The summed E-state index contributed by atoms with van der Waals surface area (Å²) in [5, 5.41) is 8.24. The van der Waals surface area contributed by atoms with Gasteiger partial charge in [-0.05, 0) is 138 Å². The Morgan fingerprint density at radius 1 is 0.532 bits per heavy atom. The van der Waals surface area contributed by atoms with Gasteiger partial charge in [0.2, 0.25) is 11.9 Å². The minimum Gasteiger partial charge on any atom is -0.444 e. The van der Waals surface area contributed by atoms with E-state index in [1.807, 2.05) is 43.3 Å². The van der Waals surface area contributed by atoms with Crippen molar-refractivity contribution in [1.82, 2.24) is 20.4 Å². The van der Waals surface area contributed by atoms with Crippen molar-refractivity contribution < 1.29 is 42.9 Å². The van der Waals surface area contributed by atoms with E-state index in [9.17, 15) is 24.0 Å². The van der Waals surface area contributed by atoms with Crippen molar-refractivity contribution in [2.75, 3.05) is 67.5 Å². The molecule has 2 aliphatic rings. The summed E-state index contributed by atoms with van der Waals surface area (Å²) in [5.74, 6) is -0.142. The van der Waals surface area contributed by atoms with Crippen molar-refractivity contribution in [3.63, 3.8) is 0 Å². The summed E-state index contributed by atoms with van der Waals surface area (Å²) in [6.07, 6.45) is -3.10. The van der Waals surface area contributed by atoms with Crippen molar-refractivity contribution in [3.8, 4) is 0 Å². The van der Waals surface area contributed by atoms with Crippen LogP contribution in [0.3, 0.4) is 0 Å². The maximum atomic E-state index is 13.4. The molecule has 0 unspecified atom stereocenters. The van der Waals surface area contributed by atoms with Crippen LogP contribution in [0.5, 0.6) is 0 Å². The van der Waals surface area contributed by atoms with Crippen LogP contribution in [0.15, 0.2) is 52.4 Å². The molecule has 0 atom stereocenters. The predicted molar refractivity (Wildman–Crippen MR) is 239 cm³/mol. The van der Waals surface area contributed by atoms with Gasteiger partial charge in [0.15, 0.2) is 0 Å². The van der Waals surface area contributed by atoms with Gasteiger partial charge in [-0.1, -0.05) is 0 Å². The zero-order valence-electron chi connectivity index (χ0n) is 38.6.